The van der Waals surface area contributed by atoms with Crippen LogP contribution >= 0.6 is 0 Å². The van der Waals surface area contributed by atoms with Gasteiger partial charge in [0.05, 0.1) is 5.69 Å². The number of carbonyl (C=O) groups is 2. The van der Waals surface area contributed by atoms with Crippen LogP contribution in [0.25, 0.3) is 11.4 Å². The normalized spacial score (nSPS) is 15.6. The summed E-state index contributed by atoms with van der Waals surface area (Å²) in [4.78, 5) is 30.1. The topological polar surface area (TPSA) is 76.0 Å². The van der Waals surface area contributed by atoms with E-state index in [1.807, 2.05) is 48.5 Å². The number of hydrogen-bond donors (Lipinski definition) is 2. The summed E-state index contributed by atoms with van der Waals surface area (Å²) < 4.78 is 2.21. The molecule has 2 aromatic carbocycles. The first-order chi connectivity index (χ1) is 15.2. The highest BCUT2D eigenvalue weighted by Crippen LogP contribution is 2.31. The summed E-state index contributed by atoms with van der Waals surface area (Å²) in [5, 5.41) is 5.92. The molecule has 0 bridgehead atoms. The minimum absolute atomic E-state index is 0.0513. The van der Waals surface area contributed by atoms with Gasteiger partial charge < -0.3 is 15.2 Å². The van der Waals surface area contributed by atoms with E-state index in [1.54, 1.807) is 6.07 Å². The Morgan fingerprint density at radius 2 is 1.68 bits per heavy atom. The third-order valence-electron chi connectivity index (χ3n) is 5.95. The molecule has 31 heavy (non-hydrogen) atoms. The molecule has 1 fully saturated rings. The molecule has 0 spiro atoms. The summed E-state index contributed by atoms with van der Waals surface area (Å²) in [5.74, 6) is 0.831. The van der Waals surface area contributed by atoms with Crippen molar-refractivity contribution in [3.63, 3.8) is 0 Å². The van der Waals surface area contributed by atoms with Gasteiger partial charge in [0, 0.05) is 29.4 Å². The molecule has 0 unspecified atom stereocenters. The number of amides is 2. The molecule has 1 aromatic heterocycles. The number of hydrogen-bond acceptors (Lipinski definition) is 3. The lowest BCUT2D eigenvalue weighted by Crippen LogP contribution is -2.16. The summed E-state index contributed by atoms with van der Waals surface area (Å²) in [6, 6.07) is 17.3. The van der Waals surface area contributed by atoms with Crippen LogP contribution < -0.4 is 10.6 Å². The number of anilines is 2. The van der Waals surface area contributed by atoms with Crippen LogP contribution in [-0.2, 0) is 17.8 Å². The van der Waals surface area contributed by atoms with E-state index < -0.39 is 0 Å². The molecule has 3 aromatic rings. The van der Waals surface area contributed by atoms with Crippen LogP contribution in [0.1, 0.15) is 48.3 Å². The number of fused-ring (bicyclic) bond motifs is 1. The molecule has 1 aliphatic heterocycles. The van der Waals surface area contributed by atoms with Crippen LogP contribution in [0.5, 0.6) is 0 Å². The molecule has 0 atom stereocenters. The van der Waals surface area contributed by atoms with E-state index in [2.05, 4.69) is 15.2 Å². The van der Waals surface area contributed by atoms with Crippen LogP contribution in [0.15, 0.2) is 54.6 Å². The molecule has 6 heteroatoms. The van der Waals surface area contributed by atoms with Crippen molar-refractivity contribution in [2.24, 2.45) is 5.92 Å². The maximum atomic E-state index is 13.2. The molecule has 2 N–H and O–H groups in total. The zero-order chi connectivity index (χ0) is 21.2. The molecule has 1 saturated carbocycles. The van der Waals surface area contributed by atoms with Gasteiger partial charge in [-0.1, -0.05) is 42.8 Å². The van der Waals surface area contributed by atoms with Crippen molar-refractivity contribution < 1.29 is 9.59 Å². The molecule has 5 rings (SSSR count). The molecule has 0 radical (unpaired) electrons. The van der Waals surface area contributed by atoms with Crippen molar-refractivity contribution in [2.75, 3.05) is 10.6 Å². The van der Waals surface area contributed by atoms with E-state index in [4.69, 9.17) is 4.98 Å². The second-order valence-electron chi connectivity index (χ2n) is 8.36. The van der Waals surface area contributed by atoms with E-state index in [0.29, 0.717) is 17.1 Å². The Morgan fingerprint density at radius 1 is 0.903 bits per heavy atom. The van der Waals surface area contributed by atoms with Crippen LogP contribution in [0.4, 0.5) is 11.4 Å². The van der Waals surface area contributed by atoms with Gasteiger partial charge in [-0.05, 0) is 50.3 Å². The summed E-state index contributed by atoms with van der Waals surface area (Å²) in [5.41, 5.74) is 3.87. The average molecular weight is 415 g/mol. The van der Waals surface area contributed by atoms with E-state index in [1.165, 1.54) is 0 Å². The van der Waals surface area contributed by atoms with Crippen molar-refractivity contribution in [1.82, 2.24) is 9.55 Å². The quantitative estimate of drug-likeness (QED) is 0.625. The molecule has 158 valence electrons. The average Bonchev–Trinajstić information content (AvgIpc) is 3.60. The van der Waals surface area contributed by atoms with E-state index in [0.717, 1.165) is 62.2 Å². The predicted molar refractivity (Wildman–Crippen MR) is 121 cm³/mol. The Hall–Kier alpha value is -3.41. The van der Waals surface area contributed by atoms with Gasteiger partial charge in [-0.15, -0.1) is 0 Å². The highest BCUT2D eigenvalue weighted by atomic mass is 16.2. The predicted octanol–water partition coefficient (Wildman–Crippen LogP) is 4.88. The van der Waals surface area contributed by atoms with E-state index >= 15 is 0 Å². The van der Waals surface area contributed by atoms with Crippen LogP contribution in [0, 0.1) is 5.92 Å². The lowest BCUT2D eigenvalue weighted by atomic mass is 10.1. The number of carbonyl (C=O) groups excluding carboxylic acids is 2. The van der Waals surface area contributed by atoms with Gasteiger partial charge in [0.2, 0.25) is 5.91 Å². The van der Waals surface area contributed by atoms with Gasteiger partial charge in [0.25, 0.3) is 5.91 Å². The smallest absolute Gasteiger partial charge is 0.276 e. The summed E-state index contributed by atoms with van der Waals surface area (Å²) in [6.45, 7) is 0.878. The maximum absolute atomic E-state index is 13.2. The molecular weight excluding hydrogens is 388 g/mol. The summed E-state index contributed by atoms with van der Waals surface area (Å²) in [7, 11) is 0. The third-order valence-corrected chi connectivity index (χ3v) is 5.95. The first kappa shape index (κ1) is 19.5. The van der Waals surface area contributed by atoms with E-state index in [-0.39, 0.29) is 17.7 Å². The van der Waals surface area contributed by atoms with Crippen molar-refractivity contribution in [1.29, 1.82) is 0 Å². The van der Waals surface area contributed by atoms with Crippen LogP contribution in [0.2, 0.25) is 0 Å². The largest absolute Gasteiger partial charge is 0.327 e. The molecular formula is C25H26N4O2. The minimum atomic E-state index is -0.210. The second-order valence-corrected chi connectivity index (χ2v) is 8.36. The third kappa shape index (κ3) is 4.24. The molecule has 2 amide bonds. The van der Waals surface area contributed by atoms with Gasteiger partial charge >= 0.3 is 0 Å². The number of nitrogens with one attached hydrogen (secondary N) is 2. The fourth-order valence-electron chi connectivity index (χ4n) is 4.16. The van der Waals surface area contributed by atoms with Gasteiger partial charge in [-0.2, -0.15) is 0 Å². The lowest BCUT2D eigenvalue weighted by Gasteiger charge is -2.10. The van der Waals surface area contributed by atoms with Gasteiger partial charge in [-0.25, -0.2) is 4.98 Å². The van der Waals surface area contributed by atoms with Crippen molar-refractivity contribution in [2.45, 2.75) is 45.1 Å². The van der Waals surface area contributed by atoms with Crippen molar-refractivity contribution >= 4 is 23.2 Å². The zero-order valence-electron chi connectivity index (χ0n) is 17.4. The summed E-state index contributed by atoms with van der Waals surface area (Å²) >= 11 is 0. The second kappa shape index (κ2) is 8.38. The summed E-state index contributed by atoms with van der Waals surface area (Å²) in [6.07, 6.45) is 6.06. The van der Waals surface area contributed by atoms with Crippen molar-refractivity contribution in [3.05, 3.63) is 66.0 Å². The molecule has 6 nitrogen and oxygen atoms in total. The monoisotopic (exact) mass is 414 g/mol. The highest BCUT2D eigenvalue weighted by Gasteiger charge is 2.29. The fourth-order valence-corrected chi connectivity index (χ4v) is 4.16. The number of aromatic nitrogens is 2. The zero-order valence-corrected chi connectivity index (χ0v) is 17.4. The maximum Gasteiger partial charge on any atom is 0.276 e. The highest BCUT2D eigenvalue weighted by molar-refractivity contribution is 6.04. The number of imidazole rings is 1. The standard InChI is InChI=1S/C25H26N4O2/c30-24(18-13-14-18)26-19-10-7-11-20(16-19)27-25(31)22-21-12-5-2-6-15-29(21)23(28-22)17-8-3-1-4-9-17/h1,3-4,7-11,16,18H,2,5-6,12-15H2,(H,26,30)(H,27,31). The Kier molecular flexibility index (Phi) is 5.28. The first-order valence-electron chi connectivity index (χ1n) is 11.1. The molecule has 2 aliphatic rings. The van der Waals surface area contributed by atoms with Crippen molar-refractivity contribution in [3.8, 4) is 11.4 Å². The van der Waals surface area contributed by atoms with Crippen LogP contribution in [-0.4, -0.2) is 21.4 Å². The lowest BCUT2D eigenvalue weighted by molar-refractivity contribution is -0.117. The van der Waals surface area contributed by atoms with Crippen LogP contribution in [0.3, 0.4) is 0 Å². The van der Waals surface area contributed by atoms with Gasteiger partial charge in [0.1, 0.15) is 11.5 Å². The SMILES string of the molecule is O=C(Nc1cccc(NC(=O)C2CC2)c1)c1nc(-c2ccccc2)n2c1CCCCC2. The number of benzene rings is 2. The first-order valence-corrected chi connectivity index (χ1v) is 11.1. The molecule has 1 aliphatic carbocycles. The van der Waals surface area contributed by atoms with Gasteiger partial charge in [0.15, 0.2) is 0 Å². The Bertz CT molecular complexity index is 1120. The molecule has 2 heterocycles. The number of rotatable bonds is 5. The Labute approximate surface area is 181 Å². The minimum Gasteiger partial charge on any atom is -0.327 e. The van der Waals surface area contributed by atoms with Gasteiger partial charge in [-0.3, -0.25) is 9.59 Å². The fraction of sp³-hybridized carbons (Fsp3) is 0.320. The Morgan fingerprint density at radius 3 is 2.45 bits per heavy atom. The number of nitrogens with zero attached hydrogens (tertiary/aromatic N) is 2. The van der Waals surface area contributed by atoms with E-state index in [9.17, 15) is 9.59 Å². The Balaban J connectivity index is 1.42. The molecule has 0 saturated heterocycles.